The lowest BCUT2D eigenvalue weighted by molar-refractivity contribution is 0.0927. The number of rotatable bonds is 4. The van der Waals surface area contributed by atoms with E-state index in [0.717, 1.165) is 12.0 Å². The summed E-state index contributed by atoms with van der Waals surface area (Å²) < 4.78 is 5.41. The number of carbonyl (C=O) groups excluding carboxylic acids is 1. The number of nitrogens with one attached hydrogen (secondary N) is 1. The van der Waals surface area contributed by atoms with Crippen molar-refractivity contribution in [2.24, 2.45) is 0 Å². The zero-order chi connectivity index (χ0) is 12.1. The monoisotopic (exact) mass is 230 g/mol. The van der Waals surface area contributed by atoms with Crippen LogP contribution in [0, 0.1) is 0 Å². The molecule has 2 aromatic rings. The summed E-state index contributed by atoms with van der Waals surface area (Å²) in [5, 5.41) is 2.74. The Bertz CT molecular complexity index is 491. The van der Waals surface area contributed by atoms with E-state index in [2.05, 4.69) is 10.3 Å². The number of carbonyl (C=O) groups is 1. The minimum atomic E-state index is -0.221. The molecule has 0 aliphatic rings. The van der Waals surface area contributed by atoms with Crippen LogP contribution in [0.1, 0.15) is 23.9 Å². The van der Waals surface area contributed by atoms with E-state index in [0.29, 0.717) is 12.4 Å². The fraction of sp³-hybridized carbons (Fsp3) is 0.231. The molecular weight excluding hydrogens is 216 g/mol. The predicted octanol–water partition coefficient (Wildman–Crippen LogP) is 2.48. The van der Waals surface area contributed by atoms with Gasteiger partial charge in [-0.05, 0) is 18.6 Å². The summed E-state index contributed by atoms with van der Waals surface area (Å²) in [6.45, 7) is 2.64. The third-order valence-electron chi connectivity index (χ3n) is 2.29. The summed E-state index contributed by atoms with van der Waals surface area (Å²) >= 11 is 0. The molecule has 1 N–H and O–H groups in total. The average molecular weight is 230 g/mol. The molecule has 0 spiro atoms. The van der Waals surface area contributed by atoms with Gasteiger partial charge >= 0.3 is 0 Å². The summed E-state index contributed by atoms with van der Waals surface area (Å²) in [6.07, 6.45) is 2.35. The summed E-state index contributed by atoms with van der Waals surface area (Å²) in [5.74, 6) is 0.492. The van der Waals surface area contributed by atoms with Crippen LogP contribution in [0.25, 0.3) is 11.5 Å². The lowest BCUT2D eigenvalue weighted by Gasteiger charge is -1.98. The van der Waals surface area contributed by atoms with Crippen molar-refractivity contribution in [1.82, 2.24) is 10.3 Å². The number of benzene rings is 1. The molecule has 1 amide bonds. The fourth-order valence-electron chi connectivity index (χ4n) is 1.42. The van der Waals surface area contributed by atoms with Crippen molar-refractivity contribution in [3.8, 4) is 11.5 Å². The van der Waals surface area contributed by atoms with Gasteiger partial charge in [0, 0.05) is 12.1 Å². The Hall–Kier alpha value is -2.10. The van der Waals surface area contributed by atoms with E-state index < -0.39 is 0 Å². The van der Waals surface area contributed by atoms with Crippen LogP contribution in [-0.2, 0) is 0 Å². The van der Waals surface area contributed by atoms with Gasteiger partial charge in [-0.2, -0.15) is 0 Å². The maximum Gasteiger partial charge on any atom is 0.288 e. The summed E-state index contributed by atoms with van der Waals surface area (Å²) in [5.41, 5.74) is 0.863. The van der Waals surface area contributed by atoms with Crippen LogP contribution in [0.15, 0.2) is 40.9 Å². The molecule has 1 aromatic heterocycles. The van der Waals surface area contributed by atoms with Gasteiger partial charge in [0.1, 0.15) is 0 Å². The molecule has 1 heterocycles. The van der Waals surface area contributed by atoms with Crippen LogP contribution >= 0.6 is 0 Å². The van der Waals surface area contributed by atoms with Crippen molar-refractivity contribution >= 4 is 5.91 Å². The first-order valence-electron chi connectivity index (χ1n) is 5.60. The van der Waals surface area contributed by atoms with Crippen LogP contribution < -0.4 is 5.32 Å². The van der Waals surface area contributed by atoms with E-state index in [4.69, 9.17) is 4.42 Å². The van der Waals surface area contributed by atoms with Gasteiger partial charge in [0.2, 0.25) is 11.7 Å². The normalized spacial score (nSPS) is 10.2. The van der Waals surface area contributed by atoms with E-state index in [9.17, 15) is 4.79 Å². The highest BCUT2D eigenvalue weighted by Gasteiger charge is 2.12. The molecule has 0 unspecified atom stereocenters. The van der Waals surface area contributed by atoms with Gasteiger partial charge in [-0.25, -0.2) is 4.98 Å². The predicted molar refractivity (Wildman–Crippen MR) is 64.6 cm³/mol. The maximum atomic E-state index is 11.6. The molecule has 4 nitrogen and oxygen atoms in total. The summed E-state index contributed by atoms with van der Waals surface area (Å²) in [7, 11) is 0. The highest BCUT2D eigenvalue weighted by molar-refractivity contribution is 5.91. The van der Waals surface area contributed by atoms with E-state index in [1.165, 1.54) is 6.20 Å². The highest BCUT2D eigenvalue weighted by Crippen LogP contribution is 2.18. The number of oxazole rings is 1. The second kappa shape index (κ2) is 5.30. The molecule has 0 bridgehead atoms. The molecule has 0 saturated carbocycles. The van der Waals surface area contributed by atoms with Crippen LogP contribution in [0.5, 0.6) is 0 Å². The largest absolute Gasteiger partial charge is 0.431 e. The minimum Gasteiger partial charge on any atom is -0.431 e. The lowest BCUT2D eigenvalue weighted by Crippen LogP contribution is -2.23. The van der Waals surface area contributed by atoms with Crippen molar-refractivity contribution in [2.75, 3.05) is 6.54 Å². The second-order valence-corrected chi connectivity index (χ2v) is 3.65. The molecule has 0 aliphatic carbocycles. The summed E-state index contributed by atoms with van der Waals surface area (Å²) in [6, 6.07) is 9.49. The fourth-order valence-corrected chi connectivity index (χ4v) is 1.42. The Morgan fingerprint density at radius 3 is 2.82 bits per heavy atom. The molecule has 88 valence electrons. The molecule has 0 radical (unpaired) electrons. The Labute approximate surface area is 99.7 Å². The lowest BCUT2D eigenvalue weighted by atomic mass is 10.2. The van der Waals surface area contributed by atoms with Crippen molar-refractivity contribution in [2.45, 2.75) is 13.3 Å². The Morgan fingerprint density at radius 1 is 1.35 bits per heavy atom. The molecule has 0 fully saturated rings. The van der Waals surface area contributed by atoms with Crippen molar-refractivity contribution in [1.29, 1.82) is 0 Å². The first-order valence-corrected chi connectivity index (χ1v) is 5.60. The summed E-state index contributed by atoms with van der Waals surface area (Å²) in [4.78, 5) is 15.7. The second-order valence-electron chi connectivity index (χ2n) is 3.65. The van der Waals surface area contributed by atoms with Gasteiger partial charge in [0.15, 0.2) is 0 Å². The van der Waals surface area contributed by atoms with Gasteiger partial charge < -0.3 is 9.73 Å². The van der Waals surface area contributed by atoms with Gasteiger partial charge in [-0.15, -0.1) is 0 Å². The van der Waals surface area contributed by atoms with Crippen LogP contribution in [0.2, 0.25) is 0 Å². The smallest absolute Gasteiger partial charge is 0.288 e. The minimum absolute atomic E-state index is 0.221. The molecule has 0 aliphatic heterocycles. The quantitative estimate of drug-likeness (QED) is 0.877. The molecular formula is C13H14N2O2. The van der Waals surface area contributed by atoms with Gasteiger partial charge in [-0.1, -0.05) is 25.1 Å². The standard InChI is InChI=1S/C13H14N2O2/c1-2-8-14-12(16)11-9-15-13(17-11)10-6-4-3-5-7-10/h3-7,9H,2,8H2,1H3,(H,14,16). The molecule has 1 aromatic carbocycles. The van der Waals surface area contributed by atoms with Gasteiger partial charge in [0.05, 0.1) is 6.20 Å². The van der Waals surface area contributed by atoms with Gasteiger partial charge in [0.25, 0.3) is 5.91 Å². The Balaban J connectivity index is 2.14. The third kappa shape index (κ3) is 2.72. The van der Waals surface area contributed by atoms with Gasteiger partial charge in [-0.3, -0.25) is 4.79 Å². The zero-order valence-corrected chi connectivity index (χ0v) is 9.64. The average Bonchev–Trinajstić information content (AvgIpc) is 2.86. The number of aromatic nitrogens is 1. The molecule has 0 saturated heterocycles. The third-order valence-corrected chi connectivity index (χ3v) is 2.29. The molecule has 2 rings (SSSR count). The first-order chi connectivity index (χ1) is 8.31. The van der Waals surface area contributed by atoms with Crippen LogP contribution in [0.4, 0.5) is 0 Å². The van der Waals surface area contributed by atoms with E-state index >= 15 is 0 Å². The highest BCUT2D eigenvalue weighted by atomic mass is 16.4. The van der Waals surface area contributed by atoms with Crippen LogP contribution in [-0.4, -0.2) is 17.4 Å². The van der Waals surface area contributed by atoms with E-state index in [-0.39, 0.29) is 11.7 Å². The number of nitrogens with zero attached hydrogens (tertiary/aromatic N) is 1. The number of hydrogen-bond donors (Lipinski definition) is 1. The first kappa shape index (κ1) is 11.4. The van der Waals surface area contributed by atoms with Crippen molar-refractivity contribution in [3.05, 3.63) is 42.3 Å². The Kier molecular flexibility index (Phi) is 3.55. The molecule has 0 atom stereocenters. The topological polar surface area (TPSA) is 55.1 Å². The SMILES string of the molecule is CCCNC(=O)c1cnc(-c2ccccc2)o1. The maximum absolute atomic E-state index is 11.6. The zero-order valence-electron chi connectivity index (χ0n) is 9.64. The number of hydrogen-bond acceptors (Lipinski definition) is 3. The van der Waals surface area contributed by atoms with E-state index in [1.807, 2.05) is 37.3 Å². The number of amides is 1. The molecule has 4 heteroatoms. The molecule has 17 heavy (non-hydrogen) atoms. The van der Waals surface area contributed by atoms with Crippen molar-refractivity contribution < 1.29 is 9.21 Å². The Morgan fingerprint density at radius 2 is 2.12 bits per heavy atom. The van der Waals surface area contributed by atoms with E-state index in [1.54, 1.807) is 0 Å². The van der Waals surface area contributed by atoms with Crippen LogP contribution in [0.3, 0.4) is 0 Å². The van der Waals surface area contributed by atoms with Crippen molar-refractivity contribution in [3.63, 3.8) is 0 Å².